The van der Waals surface area contributed by atoms with Crippen molar-refractivity contribution in [1.82, 2.24) is 4.98 Å². The van der Waals surface area contributed by atoms with Gasteiger partial charge in [-0.2, -0.15) is 0 Å². The zero-order valence-corrected chi connectivity index (χ0v) is 24.2. The van der Waals surface area contributed by atoms with Crippen molar-refractivity contribution in [2.45, 2.75) is 59.2 Å². The first-order chi connectivity index (χ1) is 19.7. The van der Waals surface area contributed by atoms with Gasteiger partial charge in [0, 0.05) is 30.1 Å². The lowest BCUT2D eigenvalue weighted by Crippen LogP contribution is -2.27. The zero-order chi connectivity index (χ0) is 28.7. The number of pyridine rings is 1. The number of rotatable bonds is 9. The summed E-state index contributed by atoms with van der Waals surface area (Å²) in [5.74, 6) is 2.72. The maximum Gasteiger partial charge on any atom is 0.204 e. The summed E-state index contributed by atoms with van der Waals surface area (Å²) in [6.07, 6.45) is 12.3. The van der Waals surface area contributed by atoms with Gasteiger partial charge in [-0.25, -0.2) is 0 Å². The second-order valence-corrected chi connectivity index (χ2v) is 11.6. The Balaban J connectivity index is 1.61. The molecule has 0 saturated heterocycles. The molecule has 212 valence electrons. The molecule has 0 amide bonds. The summed E-state index contributed by atoms with van der Waals surface area (Å²) in [7, 11) is 1.61. The molecule has 2 aliphatic rings. The Morgan fingerprint density at radius 3 is 2.54 bits per heavy atom. The highest BCUT2D eigenvalue weighted by Gasteiger charge is 2.30. The molecule has 1 saturated carbocycles. The van der Waals surface area contributed by atoms with E-state index in [1.807, 2.05) is 52.0 Å². The zero-order valence-electron chi connectivity index (χ0n) is 24.2. The summed E-state index contributed by atoms with van der Waals surface area (Å²) in [6.45, 7) is 8.89. The van der Waals surface area contributed by atoms with E-state index in [4.69, 9.17) is 23.4 Å². The average Bonchev–Trinajstić information content (AvgIpc) is 3.77. The summed E-state index contributed by atoms with van der Waals surface area (Å²) >= 11 is 0. The maximum absolute atomic E-state index is 14.5. The number of aromatic nitrogens is 1. The van der Waals surface area contributed by atoms with Gasteiger partial charge in [-0.05, 0) is 82.7 Å². The number of allylic oxidation sites excluding steroid dienone is 2. The number of hydrogen-bond donors (Lipinski definition) is 0. The molecule has 0 N–H and O–H groups in total. The predicted octanol–water partition coefficient (Wildman–Crippen LogP) is 7.41. The molecule has 41 heavy (non-hydrogen) atoms. The van der Waals surface area contributed by atoms with E-state index >= 15 is 0 Å². The molecular formula is C34H35NO6. The van der Waals surface area contributed by atoms with Gasteiger partial charge in [-0.15, -0.1) is 0 Å². The van der Waals surface area contributed by atoms with Crippen LogP contribution in [-0.4, -0.2) is 24.3 Å². The summed E-state index contributed by atoms with van der Waals surface area (Å²) in [6, 6.07) is 7.35. The highest BCUT2D eigenvalue weighted by atomic mass is 16.5. The standard InChI is InChI=1S/C34H35NO6/c1-20(2)6-9-24-29-26(17-28(32(24)37-5)38-18-21-7-8-21)40-27-16-25-23(10-13-34(3,4)41-25)33(30(27)31(29)36)39-19-22-11-14-35-15-12-22/h6,10-17,21H,7-9,18-19H2,1-5H3. The topological polar surface area (TPSA) is 80.0 Å². The van der Waals surface area contributed by atoms with E-state index in [9.17, 15) is 4.79 Å². The van der Waals surface area contributed by atoms with Crippen LogP contribution >= 0.6 is 0 Å². The lowest BCUT2D eigenvalue weighted by Gasteiger charge is -2.29. The van der Waals surface area contributed by atoms with Crippen LogP contribution in [0.1, 0.15) is 57.2 Å². The number of ether oxygens (including phenoxy) is 4. The van der Waals surface area contributed by atoms with Gasteiger partial charge in [0.15, 0.2) is 11.5 Å². The van der Waals surface area contributed by atoms with Gasteiger partial charge in [0.1, 0.15) is 40.3 Å². The highest BCUT2D eigenvalue weighted by molar-refractivity contribution is 5.99. The quantitative estimate of drug-likeness (QED) is 0.158. The Labute approximate surface area is 239 Å². The van der Waals surface area contributed by atoms with Crippen molar-refractivity contribution in [3.05, 3.63) is 81.3 Å². The van der Waals surface area contributed by atoms with Crippen LogP contribution in [0, 0.1) is 5.92 Å². The minimum atomic E-state index is -0.519. The fraction of sp³-hybridized carbons (Fsp3) is 0.353. The van der Waals surface area contributed by atoms with E-state index in [-0.39, 0.29) is 12.0 Å². The van der Waals surface area contributed by atoms with Crippen LogP contribution < -0.4 is 24.4 Å². The molecule has 0 unspecified atom stereocenters. The van der Waals surface area contributed by atoms with Crippen molar-refractivity contribution in [2.24, 2.45) is 5.92 Å². The van der Waals surface area contributed by atoms with Crippen molar-refractivity contribution in [3.8, 4) is 23.0 Å². The van der Waals surface area contributed by atoms with E-state index in [1.54, 1.807) is 31.6 Å². The maximum atomic E-state index is 14.5. The van der Waals surface area contributed by atoms with E-state index in [0.717, 1.165) is 16.7 Å². The van der Waals surface area contributed by atoms with Crippen LogP contribution in [0.3, 0.4) is 0 Å². The molecule has 0 bridgehead atoms. The molecule has 1 aliphatic carbocycles. The molecule has 0 spiro atoms. The number of hydrogen-bond acceptors (Lipinski definition) is 7. The molecule has 6 rings (SSSR count). The largest absolute Gasteiger partial charge is 0.493 e. The summed E-state index contributed by atoms with van der Waals surface area (Å²) in [5, 5.41) is 0.825. The second-order valence-electron chi connectivity index (χ2n) is 11.6. The molecule has 3 heterocycles. The Morgan fingerprint density at radius 1 is 1.07 bits per heavy atom. The van der Waals surface area contributed by atoms with E-state index < -0.39 is 5.60 Å². The molecule has 0 atom stereocenters. The molecule has 1 aliphatic heterocycles. The number of nitrogens with zero attached hydrogens (tertiary/aromatic N) is 1. The van der Waals surface area contributed by atoms with Crippen LogP contribution in [0.2, 0.25) is 0 Å². The Kier molecular flexibility index (Phi) is 6.98. The SMILES string of the molecule is COc1c(OCC2CC2)cc2oc3cc4c(c(OCc5ccncc5)c3c(=O)c2c1CC=C(C)C)C=CC(C)(C)O4. The van der Waals surface area contributed by atoms with Crippen molar-refractivity contribution in [2.75, 3.05) is 13.7 Å². The van der Waals surface area contributed by atoms with E-state index in [0.29, 0.717) is 69.4 Å². The minimum Gasteiger partial charge on any atom is -0.493 e. The monoisotopic (exact) mass is 553 g/mol. The first kappa shape index (κ1) is 26.9. The van der Waals surface area contributed by atoms with Crippen LogP contribution in [0.25, 0.3) is 28.0 Å². The van der Waals surface area contributed by atoms with Crippen molar-refractivity contribution in [1.29, 1.82) is 0 Å². The molecule has 2 aromatic carbocycles. The third-order valence-corrected chi connectivity index (χ3v) is 7.47. The lowest BCUT2D eigenvalue weighted by molar-refractivity contribution is 0.158. The minimum absolute atomic E-state index is 0.184. The Hall–Kier alpha value is -4.26. The molecule has 1 fully saturated rings. The second kappa shape index (κ2) is 10.6. The number of methoxy groups -OCH3 is 1. The Morgan fingerprint density at radius 2 is 1.83 bits per heavy atom. The average molecular weight is 554 g/mol. The highest BCUT2D eigenvalue weighted by Crippen LogP contribution is 2.45. The first-order valence-electron chi connectivity index (χ1n) is 14.1. The fourth-order valence-corrected chi connectivity index (χ4v) is 5.12. The third kappa shape index (κ3) is 5.41. The van der Waals surface area contributed by atoms with Crippen LogP contribution in [-0.2, 0) is 13.0 Å². The lowest BCUT2D eigenvalue weighted by atomic mass is 9.97. The van der Waals surface area contributed by atoms with Gasteiger partial charge >= 0.3 is 0 Å². The number of benzene rings is 2. The smallest absolute Gasteiger partial charge is 0.204 e. The van der Waals surface area contributed by atoms with Gasteiger partial charge in [0.2, 0.25) is 5.43 Å². The molecule has 7 nitrogen and oxygen atoms in total. The van der Waals surface area contributed by atoms with Crippen LogP contribution in [0.5, 0.6) is 23.0 Å². The summed E-state index contributed by atoms with van der Waals surface area (Å²) in [4.78, 5) is 18.6. The fourth-order valence-electron chi connectivity index (χ4n) is 5.12. The summed E-state index contributed by atoms with van der Waals surface area (Å²) < 4.78 is 31.3. The van der Waals surface area contributed by atoms with Gasteiger partial charge in [-0.1, -0.05) is 11.6 Å². The molecule has 2 aromatic heterocycles. The normalized spacial score (nSPS) is 15.3. The number of fused-ring (bicyclic) bond motifs is 3. The molecule has 0 radical (unpaired) electrons. The third-order valence-electron chi connectivity index (χ3n) is 7.47. The first-order valence-corrected chi connectivity index (χ1v) is 14.1. The van der Waals surface area contributed by atoms with Gasteiger partial charge in [-0.3, -0.25) is 9.78 Å². The molecule has 4 aromatic rings. The van der Waals surface area contributed by atoms with Crippen molar-refractivity contribution >= 4 is 28.0 Å². The predicted molar refractivity (Wildman–Crippen MR) is 160 cm³/mol. The van der Waals surface area contributed by atoms with Gasteiger partial charge in [0.05, 0.1) is 24.7 Å². The Bertz CT molecular complexity index is 1740. The van der Waals surface area contributed by atoms with Crippen LogP contribution in [0.15, 0.2) is 63.6 Å². The van der Waals surface area contributed by atoms with Crippen molar-refractivity contribution < 1.29 is 23.4 Å². The van der Waals surface area contributed by atoms with E-state index in [1.165, 1.54) is 12.8 Å². The van der Waals surface area contributed by atoms with Gasteiger partial charge in [0.25, 0.3) is 0 Å². The molecular weight excluding hydrogens is 518 g/mol. The van der Waals surface area contributed by atoms with Gasteiger partial charge < -0.3 is 23.4 Å². The van der Waals surface area contributed by atoms with Crippen molar-refractivity contribution in [3.63, 3.8) is 0 Å². The summed E-state index contributed by atoms with van der Waals surface area (Å²) in [5.41, 5.74) is 3.64. The van der Waals surface area contributed by atoms with E-state index in [2.05, 4.69) is 11.1 Å². The van der Waals surface area contributed by atoms with Crippen LogP contribution in [0.4, 0.5) is 0 Å². The molecule has 7 heteroatoms.